The van der Waals surface area contributed by atoms with Crippen molar-refractivity contribution in [1.82, 2.24) is 18.9 Å². The summed E-state index contributed by atoms with van der Waals surface area (Å²) >= 11 is 0. The molecule has 0 aliphatic rings. The predicted octanol–water partition coefficient (Wildman–Crippen LogP) is 12.2. The van der Waals surface area contributed by atoms with Gasteiger partial charge in [0.05, 0.1) is 27.9 Å². The van der Waals surface area contributed by atoms with Crippen molar-refractivity contribution in [3.05, 3.63) is 194 Å². The van der Waals surface area contributed by atoms with E-state index in [1.54, 1.807) is 0 Å². The molecule has 0 bridgehead atoms. The molecule has 0 N–H and O–H groups in total. The van der Waals surface area contributed by atoms with Gasteiger partial charge in [0.25, 0.3) is 0 Å². The molecule has 0 atom stereocenters. The molecule has 0 saturated carbocycles. The van der Waals surface area contributed by atoms with E-state index in [0.29, 0.717) is 5.82 Å². The highest BCUT2D eigenvalue weighted by atomic mass is 15.1. The van der Waals surface area contributed by atoms with Crippen LogP contribution in [0.1, 0.15) is 0 Å². The average molecular weight is 665 g/mol. The van der Waals surface area contributed by atoms with E-state index in [-0.39, 0.29) is 0 Å². The fourth-order valence-corrected chi connectivity index (χ4v) is 7.52. The molecule has 0 spiro atoms. The van der Waals surface area contributed by atoms with Crippen LogP contribution >= 0.6 is 0 Å². The van der Waals surface area contributed by atoms with Gasteiger partial charge >= 0.3 is 0 Å². The second kappa shape index (κ2) is 12.4. The molecule has 0 saturated heterocycles. The normalized spacial score (nSPS) is 11.5. The first-order valence-corrected chi connectivity index (χ1v) is 17.6. The maximum Gasteiger partial charge on any atom is 0.160 e. The van der Waals surface area contributed by atoms with Crippen LogP contribution in [0.3, 0.4) is 0 Å². The first-order chi connectivity index (χ1) is 25.8. The van der Waals surface area contributed by atoms with Crippen LogP contribution < -0.4 is 0 Å². The smallest absolute Gasteiger partial charge is 0.160 e. The van der Waals surface area contributed by atoms with E-state index in [0.717, 1.165) is 50.5 Å². The van der Waals surface area contributed by atoms with E-state index in [1.807, 2.05) is 36.4 Å². The van der Waals surface area contributed by atoms with Crippen LogP contribution in [0.2, 0.25) is 0 Å². The molecule has 10 aromatic rings. The predicted molar refractivity (Wildman–Crippen MR) is 215 cm³/mol. The van der Waals surface area contributed by atoms with Gasteiger partial charge in [-0.2, -0.15) is 0 Å². The molecular formula is C48H32N4. The van der Waals surface area contributed by atoms with E-state index >= 15 is 0 Å². The molecule has 3 heterocycles. The number of imidazole rings is 1. The molecule has 4 nitrogen and oxygen atoms in total. The lowest BCUT2D eigenvalue weighted by molar-refractivity contribution is 1.15. The minimum Gasteiger partial charge on any atom is -0.293 e. The number of hydrogen-bond acceptors (Lipinski definition) is 2. The number of rotatable bonds is 6. The highest BCUT2D eigenvalue weighted by molar-refractivity contribution is 6.09. The first kappa shape index (κ1) is 29.8. The Bertz CT molecular complexity index is 2810. The summed E-state index contributed by atoms with van der Waals surface area (Å²) in [4.78, 5) is 10.1. The van der Waals surface area contributed by atoms with Gasteiger partial charge < -0.3 is 0 Å². The lowest BCUT2D eigenvalue weighted by atomic mass is 9.97. The van der Waals surface area contributed by atoms with Gasteiger partial charge in [-0.05, 0) is 59.2 Å². The van der Waals surface area contributed by atoms with Crippen molar-refractivity contribution in [2.24, 2.45) is 0 Å². The van der Waals surface area contributed by atoms with Crippen molar-refractivity contribution >= 4 is 27.6 Å². The Labute approximate surface area is 301 Å². The standard InChI is InChI=1S/C48H32N4/c1-4-15-34(16-5-1)41-32-42(50-47(49-41)36-17-6-2-7-18-36)38-20-14-19-37(31-38)33-27-29-35(30-28-33)46-40-23-10-11-24-43(40)52-45-26-13-12-25-44(45)51(48(46)52)39-21-8-3-9-22-39/h1-32H. The van der Waals surface area contributed by atoms with E-state index in [9.17, 15) is 0 Å². The molecule has 52 heavy (non-hydrogen) atoms. The van der Waals surface area contributed by atoms with Crippen LogP contribution in [0.5, 0.6) is 0 Å². The third kappa shape index (κ3) is 5.00. The summed E-state index contributed by atoms with van der Waals surface area (Å²) in [6.45, 7) is 0. The largest absolute Gasteiger partial charge is 0.293 e. The van der Waals surface area contributed by atoms with Crippen LogP contribution in [0.15, 0.2) is 194 Å². The van der Waals surface area contributed by atoms with Crippen LogP contribution in [-0.2, 0) is 0 Å². The molecule has 0 aliphatic carbocycles. The number of benzene rings is 7. The van der Waals surface area contributed by atoms with E-state index in [1.165, 1.54) is 33.1 Å². The molecule has 0 unspecified atom stereocenters. The molecule has 244 valence electrons. The third-order valence-electron chi connectivity index (χ3n) is 9.93. The molecule has 4 heteroatoms. The van der Waals surface area contributed by atoms with Crippen LogP contribution in [0.4, 0.5) is 0 Å². The molecular weight excluding hydrogens is 633 g/mol. The topological polar surface area (TPSA) is 35.1 Å². The van der Waals surface area contributed by atoms with Crippen molar-refractivity contribution in [1.29, 1.82) is 0 Å². The van der Waals surface area contributed by atoms with Gasteiger partial charge in [0.2, 0.25) is 0 Å². The van der Waals surface area contributed by atoms with Gasteiger partial charge in [-0.15, -0.1) is 0 Å². The van der Waals surface area contributed by atoms with Gasteiger partial charge in [0, 0.05) is 33.3 Å². The second-order valence-corrected chi connectivity index (χ2v) is 13.1. The molecule has 0 aliphatic heterocycles. The van der Waals surface area contributed by atoms with Crippen LogP contribution in [-0.4, -0.2) is 18.9 Å². The minimum absolute atomic E-state index is 0.714. The Morgan fingerprint density at radius 2 is 0.885 bits per heavy atom. The maximum absolute atomic E-state index is 5.08. The summed E-state index contributed by atoms with van der Waals surface area (Å²) in [6.07, 6.45) is 0. The molecule has 7 aromatic carbocycles. The molecule has 3 aromatic heterocycles. The number of nitrogens with zero attached hydrogens (tertiary/aromatic N) is 4. The number of para-hydroxylation sites is 4. The summed E-state index contributed by atoms with van der Waals surface area (Å²) in [6, 6.07) is 68.4. The summed E-state index contributed by atoms with van der Waals surface area (Å²) in [5, 5.41) is 1.23. The zero-order valence-corrected chi connectivity index (χ0v) is 28.3. The van der Waals surface area contributed by atoms with Crippen LogP contribution in [0, 0.1) is 0 Å². The SMILES string of the molecule is c1ccc(-c2cc(-c3cccc(-c4ccc(-c5c6ccccc6n6c7ccccc7n(-c7ccccc7)c56)cc4)c3)nc(-c3ccccc3)n2)cc1. The zero-order valence-electron chi connectivity index (χ0n) is 28.3. The van der Waals surface area contributed by atoms with E-state index < -0.39 is 0 Å². The van der Waals surface area contributed by atoms with Gasteiger partial charge in [-0.25, -0.2) is 9.97 Å². The Kier molecular flexibility index (Phi) is 7.10. The van der Waals surface area contributed by atoms with Crippen molar-refractivity contribution in [3.8, 4) is 61.8 Å². The number of hydrogen-bond donors (Lipinski definition) is 0. The summed E-state index contributed by atoms with van der Waals surface area (Å²) in [5.74, 6) is 0.714. The summed E-state index contributed by atoms with van der Waals surface area (Å²) < 4.78 is 4.82. The monoisotopic (exact) mass is 664 g/mol. The first-order valence-electron chi connectivity index (χ1n) is 17.6. The maximum atomic E-state index is 5.08. The van der Waals surface area contributed by atoms with Crippen molar-refractivity contribution < 1.29 is 0 Å². The zero-order chi connectivity index (χ0) is 34.4. The molecule has 0 radical (unpaired) electrons. The second-order valence-electron chi connectivity index (χ2n) is 13.1. The quantitative estimate of drug-likeness (QED) is 0.177. The van der Waals surface area contributed by atoms with Gasteiger partial charge in [-0.3, -0.25) is 8.97 Å². The Balaban J connectivity index is 1.10. The van der Waals surface area contributed by atoms with E-state index in [4.69, 9.17) is 9.97 Å². The van der Waals surface area contributed by atoms with Gasteiger partial charge in [0.1, 0.15) is 5.65 Å². The summed E-state index contributed by atoms with van der Waals surface area (Å²) in [5.41, 5.74) is 15.4. The minimum atomic E-state index is 0.714. The Morgan fingerprint density at radius 1 is 0.346 bits per heavy atom. The van der Waals surface area contributed by atoms with Crippen molar-refractivity contribution in [3.63, 3.8) is 0 Å². The highest BCUT2D eigenvalue weighted by Gasteiger charge is 2.22. The molecule has 10 rings (SSSR count). The highest BCUT2D eigenvalue weighted by Crippen LogP contribution is 2.41. The summed E-state index contributed by atoms with van der Waals surface area (Å²) in [7, 11) is 0. The average Bonchev–Trinajstić information content (AvgIpc) is 3.74. The lowest BCUT2D eigenvalue weighted by Gasteiger charge is -2.11. The van der Waals surface area contributed by atoms with Gasteiger partial charge in [0.15, 0.2) is 5.82 Å². The third-order valence-corrected chi connectivity index (χ3v) is 9.93. The lowest BCUT2D eigenvalue weighted by Crippen LogP contribution is -1.96. The van der Waals surface area contributed by atoms with Gasteiger partial charge in [-0.1, -0.05) is 152 Å². The fraction of sp³-hybridized carbons (Fsp3) is 0. The fourth-order valence-electron chi connectivity index (χ4n) is 7.52. The van der Waals surface area contributed by atoms with E-state index in [2.05, 4.69) is 167 Å². The van der Waals surface area contributed by atoms with Crippen molar-refractivity contribution in [2.45, 2.75) is 0 Å². The van der Waals surface area contributed by atoms with Crippen molar-refractivity contribution in [2.75, 3.05) is 0 Å². The Morgan fingerprint density at radius 3 is 1.62 bits per heavy atom. The van der Waals surface area contributed by atoms with Crippen LogP contribution in [0.25, 0.3) is 89.4 Å². The molecule has 0 fully saturated rings. The Hall–Kier alpha value is -7.04. The number of fused-ring (bicyclic) bond motifs is 5. The molecule has 0 amide bonds. The number of aromatic nitrogens is 4.